The van der Waals surface area contributed by atoms with Gasteiger partial charge in [0.15, 0.2) is 5.75 Å². The second-order valence-corrected chi connectivity index (χ2v) is 5.46. The van der Waals surface area contributed by atoms with Crippen molar-refractivity contribution in [2.45, 2.75) is 6.92 Å². The fourth-order valence-corrected chi connectivity index (χ4v) is 2.46. The van der Waals surface area contributed by atoms with Crippen LogP contribution in [0.5, 0.6) is 5.75 Å². The number of nitro groups is 1. The zero-order valence-electron chi connectivity index (χ0n) is 13.2. The number of halogens is 1. The van der Waals surface area contributed by atoms with E-state index in [0.29, 0.717) is 5.56 Å². The number of carboxylic acids is 1. The number of nitro benzene ring substituents is 1. The van der Waals surface area contributed by atoms with Gasteiger partial charge in [-0.25, -0.2) is 4.79 Å². The van der Waals surface area contributed by atoms with E-state index >= 15 is 0 Å². The Hall–Kier alpha value is -3.13. The summed E-state index contributed by atoms with van der Waals surface area (Å²) in [6, 6.07) is 6.39. The Bertz CT molecular complexity index is 881. The van der Waals surface area contributed by atoms with Gasteiger partial charge in [0.1, 0.15) is 0 Å². The zero-order chi connectivity index (χ0) is 18.7. The van der Waals surface area contributed by atoms with Crippen LogP contribution in [-0.4, -0.2) is 29.0 Å². The van der Waals surface area contributed by atoms with Crippen molar-refractivity contribution >= 4 is 34.9 Å². The van der Waals surface area contributed by atoms with Gasteiger partial charge in [0, 0.05) is 17.2 Å². The van der Waals surface area contributed by atoms with Crippen molar-refractivity contribution in [3.63, 3.8) is 0 Å². The summed E-state index contributed by atoms with van der Waals surface area (Å²) < 4.78 is 5.08. The minimum absolute atomic E-state index is 0.00702. The molecule has 1 amide bonds. The molecule has 0 spiro atoms. The Morgan fingerprint density at radius 1 is 1.24 bits per heavy atom. The van der Waals surface area contributed by atoms with Crippen LogP contribution >= 0.6 is 11.6 Å². The van der Waals surface area contributed by atoms with Gasteiger partial charge in [-0.15, -0.1) is 0 Å². The van der Waals surface area contributed by atoms with Crippen LogP contribution < -0.4 is 10.1 Å². The lowest BCUT2D eigenvalue weighted by Gasteiger charge is -2.13. The van der Waals surface area contributed by atoms with Gasteiger partial charge >= 0.3 is 5.97 Å². The molecule has 0 radical (unpaired) electrons. The summed E-state index contributed by atoms with van der Waals surface area (Å²) in [5.41, 5.74) is 0.153. The van der Waals surface area contributed by atoms with Crippen LogP contribution in [0.25, 0.3) is 0 Å². The van der Waals surface area contributed by atoms with E-state index in [1.165, 1.54) is 31.4 Å². The van der Waals surface area contributed by atoms with Crippen molar-refractivity contribution in [1.82, 2.24) is 0 Å². The van der Waals surface area contributed by atoms with E-state index in [9.17, 15) is 19.7 Å². The number of benzene rings is 2. The number of aryl methyl sites for hydroxylation is 1. The fraction of sp³-hybridized carbons (Fsp3) is 0.125. The molecule has 2 N–H and O–H groups in total. The number of hydrogen-bond donors (Lipinski definition) is 2. The lowest BCUT2D eigenvalue weighted by atomic mass is 10.1. The second kappa shape index (κ2) is 7.18. The van der Waals surface area contributed by atoms with Gasteiger partial charge < -0.3 is 15.2 Å². The average Bonchev–Trinajstić information content (AvgIpc) is 2.54. The van der Waals surface area contributed by atoms with Crippen molar-refractivity contribution in [1.29, 1.82) is 0 Å². The molecule has 0 fully saturated rings. The van der Waals surface area contributed by atoms with Gasteiger partial charge in [0.2, 0.25) is 0 Å². The molecule has 0 bridgehead atoms. The van der Waals surface area contributed by atoms with E-state index in [1.807, 2.05) is 0 Å². The molecule has 0 aromatic heterocycles. The number of ether oxygens (including phenoxy) is 1. The zero-order valence-corrected chi connectivity index (χ0v) is 14.0. The smallest absolute Gasteiger partial charge is 0.335 e. The first-order valence-electron chi connectivity index (χ1n) is 6.91. The molecular weight excluding hydrogens is 352 g/mol. The van der Waals surface area contributed by atoms with E-state index < -0.39 is 16.8 Å². The third kappa shape index (κ3) is 3.86. The van der Waals surface area contributed by atoms with Crippen LogP contribution in [-0.2, 0) is 0 Å². The fourth-order valence-electron chi connectivity index (χ4n) is 2.16. The molecule has 8 nitrogen and oxygen atoms in total. The number of nitrogens with one attached hydrogen (secondary N) is 1. The largest absolute Gasteiger partial charge is 0.493 e. The Balaban J connectivity index is 2.42. The highest BCUT2D eigenvalue weighted by atomic mass is 35.5. The molecule has 0 atom stereocenters. The lowest BCUT2D eigenvalue weighted by molar-refractivity contribution is -0.385. The molecular formula is C16H13ClN2O6. The molecule has 2 rings (SSSR count). The van der Waals surface area contributed by atoms with E-state index in [-0.39, 0.29) is 33.3 Å². The first-order valence-corrected chi connectivity index (χ1v) is 7.29. The van der Waals surface area contributed by atoms with Crippen molar-refractivity contribution in [3.8, 4) is 5.75 Å². The topological polar surface area (TPSA) is 119 Å². The molecule has 2 aromatic carbocycles. The summed E-state index contributed by atoms with van der Waals surface area (Å²) in [6.07, 6.45) is 0. The standard InChI is InChI=1S/C16H13ClN2O6/c1-8-3-4-9(7-13(8)19(23)24)15(20)18-12-6-10(16(21)22)5-11(17)14(12)25-2/h3-7H,1-2H3,(H,18,20)(H,21,22). The van der Waals surface area contributed by atoms with Crippen LogP contribution in [0.4, 0.5) is 11.4 Å². The van der Waals surface area contributed by atoms with Gasteiger partial charge in [-0.1, -0.05) is 17.7 Å². The van der Waals surface area contributed by atoms with Gasteiger partial charge in [-0.2, -0.15) is 0 Å². The predicted octanol–water partition coefficient (Wildman–Crippen LogP) is 3.52. The summed E-state index contributed by atoms with van der Waals surface area (Å²) in [7, 11) is 1.31. The molecule has 130 valence electrons. The Labute approximate surface area is 147 Å². The summed E-state index contributed by atoms with van der Waals surface area (Å²) in [5, 5.41) is 22.6. The number of carbonyl (C=O) groups is 2. The van der Waals surface area contributed by atoms with Crippen LogP contribution in [0, 0.1) is 17.0 Å². The highest BCUT2D eigenvalue weighted by Crippen LogP contribution is 2.35. The first-order chi connectivity index (χ1) is 11.7. The van der Waals surface area contributed by atoms with E-state index in [2.05, 4.69) is 5.32 Å². The third-order valence-electron chi connectivity index (χ3n) is 3.41. The molecule has 25 heavy (non-hydrogen) atoms. The predicted molar refractivity (Wildman–Crippen MR) is 90.7 cm³/mol. The number of carboxylic acid groups (broad SMARTS) is 1. The maximum absolute atomic E-state index is 12.4. The molecule has 9 heteroatoms. The molecule has 0 aliphatic carbocycles. The summed E-state index contributed by atoms with van der Waals surface area (Å²) in [5.74, 6) is -1.81. The summed E-state index contributed by atoms with van der Waals surface area (Å²) in [6.45, 7) is 1.55. The van der Waals surface area contributed by atoms with Gasteiger partial charge in [-0.05, 0) is 25.1 Å². The number of anilines is 1. The monoisotopic (exact) mass is 364 g/mol. The summed E-state index contributed by atoms with van der Waals surface area (Å²) >= 11 is 5.97. The first kappa shape index (κ1) is 18.2. The number of aromatic carboxylic acids is 1. The Kier molecular flexibility index (Phi) is 5.23. The van der Waals surface area contributed by atoms with Crippen LogP contribution in [0.15, 0.2) is 30.3 Å². The molecule has 0 aliphatic heterocycles. The van der Waals surface area contributed by atoms with Gasteiger partial charge in [0.05, 0.1) is 28.3 Å². The van der Waals surface area contributed by atoms with Crippen LogP contribution in [0.2, 0.25) is 5.02 Å². The molecule has 0 unspecified atom stereocenters. The van der Waals surface area contributed by atoms with E-state index in [4.69, 9.17) is 21.4 Å². The minimum Gasteiger partial charge on any atom is -0.493 e. The number of carbonyl (C=O) groups excluding carboxylic acids is 1. The highest BCUT2D eigenvalue weighted by molar-refractivity contribution is 6.33. The van der Waals surface area contributed by atoms with E-state index in [0.717, 1.165) is 6.07 Å². The third-order valence-corrected chi connectivity index (χ3v) is 3.69. The van der Waals surface area contributed by atoms with Crippen LogP contribution in [0.3, 0.4) is 0 Å². The van der Waals surface area contributed by atoms with Crippen LogP contribution in [0.1, 0.15) is 26.3 Å². The Morgan fingerprint density at radius 2 is 1.92 bits per heavy atom. The van der Waals surface area contributed by atoms with Gasteiger partial charge in [-0.3, -0.25) is 14.9 Å². The molecule has 0 aliphatic rings. The number of rotatable bonds is 5. The second-order valence-electron chi connectivity index (χ2n) is 5.06. The van der Waals surface area contributed by atoms with Crippen molar-refractivity contribution in [2.75, 3.05) is 12.4 Å². The molecule has 0 saturated heterocycles. The molecule has 0 heterocycles. The van der Waals surface area contributed by atoms with E-state index in [1.54, 1.807) is 6.92 Å². The average molecular weight is 365 g/mol. The minimum atomic E-state index is -1.23. The van der Waals surface area contributed by atoms with Gasteiger partial charge in [0.25, 0.3) is 11.6 Å². The highest BCUT2D eigenvalue weighted by Gasteiger charge is 2.19. The SMILES string of the molecule is COc1c(Cl)cc(C(=O)O)cc1NC(=O)c1ccc(C)c([N+](=O)[O-])c1. The molecule has 2 aromatic rings. The molecule has 0 saturated carbocycles. The summed E-state index contributed by atoms with van der Waals surface area (Å²) in [4.78, 5) is 33.9. The maximum Gasteiger partial charge on any atom is 0.335 e. The van der Waals surface area contributed by atoms with Crippen molar-refractivity contribution in [2.24, 2.45) is 0 Å². The van der Waals surface area contributed by atoms with Crippen molar-refractivity contribution < 1.29 is 24.4 Å². The normalized spacial score (nSPS) is 10.2. The quantitative estimate of drug-likeness (QED) is 0.618. The van der Waals surface area contributed by atoms with Crippen molar-refractivity contribution in [3.05, 3.63) is 62.2 Å². The maximum atomic E-state index is 12.4. The lowest BCUT2D eigenvalue weighted by Crippen LogP contribution is -2.14. The number of nitrogens with zero attached hydrogens (tertiary/aromatic N) is 1. The number of amides is 1. The number of hydrogen-bond acceptors (Lipinski definition) is 5. The number of methoxy groups -OCH3 is 1. The Morgan fingerprint density at radius 3 is 2.48 bits per heavy atom.